The normalized spacial score (nSPS) is 15.3. The molecule has 0 radical (unpaired) electrons. The SMILES string of the molecule is Cc1cc(NC(=O)c2cc(C3CCCC3)on2)ccc1F. The van der Waals surface area contributed by atoms with E-state index in [-0.39, 0.29) is 17.4 Å². The van der Waals surface area contributed by atoms with Gasteiger partial charge in [-0.1, -0.05) is 18.0 Å². The number of amides is 1. The number of carbonyl (C=O) groups excluding carboxylic acids is 1. The van der Waals surface area contributed by atoms with Crippen LogP contribution in [0.2, 0.25) is 0 Å². The molecule has 0 saturated heterocycles. The molecule has 1 fully saturated rings. The van der Waals surface area contributed by atoms with Gasteiger partial charge in [0.25, 0.3) is 5.91 Å². The lowest BCUT2D eigenvalue weighted by Gasteiger charge is -2.04. The molecule has 1 N–H and O–H groups in total. The molecule has 3 rings (SSSR count). The molecule has 1 heterocycles. The molecule has 4 nitrogen and oxygen atoms in total. The van der Waals surface area contributed by atoms with Gasteiger partial charge in [0, 0.05) is 17.7 Å². The molecular formula is C16H17FN2O2. The molecule has 1 aromatic carbocycles. The van der Waals surface area contributed by atoms with Gasteiger partial charge in [-0.25, -0.2) is 4.39 Å². The van der Waals surface area contributed by atoms with Gasteiger partial charge < -0.3 is 9.84 Å². The van der Waals surface area contributed by atoms with Gasteiger partial charge in [0.15, 0.2) is 5.69 Å². The van der Waals surface area contributed by atoms with Gasteiger partial charge in [-0.2, -0.15) is 0 Å². The molecule has 1 saturated carbocycles. The summed E-state index contributed by atoms with van der Waals surface area (Å²) in [6, 6.07) is 6.16. The van der Waals surface area contributed by atoms with Gasteiger partial charge in [-0.15, -0.1) is 0 Å². The number of anilines is 1. The fraction of sp³-hybridized carbons (Fsp3) is 0.375. The first-order chi connectivity index (χ1) is 10.1. The number of aryl methyl sites for hydroxylation is 1. The second kappa shape index (κ2) is 5.68. The Morgan fingerprint density at radius 1 is 1.33 bits per heavy atom. The fourth-order valence-corrected chi connectivity index (χ4v) is 2.72. The van der Waals surface area contributed by atoms with Crippen molar-refractivity contribution in [1.82, 2.24) is 5.16 Å². The van der Waals surface area contributed by atoms with Crippen LogP contribution in [-0.2, 0) is 0 Å². The third-order valence-electron chi connectivity index (χ3n) is 3.93. The second-order valence-corrected chi connectivity index (χ2v) is 5.51. The molecule has 5 heteroatoms. The number of benzene rings is 1. The summed E-state index contributed by atoms with van der Waals surface area (Å²) in [5, 5.41) is 6.54. The number of nitrogens with zero attached hydrogens (tertiary/aromatic N) is 1. The fourth-order valence-electron chi connectivity index (χ4n) is 2.72. The summed E-state index contributed by atoms with van der Waals surface area (Å²) >= 11 is 0. The van der Waals surface area contributed by atoms with Gasteiger partial charge in [-0.05, 0) is 43.5 Å². The Morgan fingerprint density at radius 3 is 2.81 bits per heavy atom. The summed E-state index contributed by atoms with van der Waals surface area (Å²) < 4.78 is 18.5. The van der Waals surface area contributed by atoms with E-state index in [1.54, 1.807) is 19.1 Å². The van der Waals surface area contributed by atoms with Crippen LogP contribution in [0.4, 0.5) is 10.1 Å². The Labute approximate surface area is 122 Å². The van der Waals surface area contributed by atoms with E-state index in [2.05, 4.69) is 10.5 Å². The third-order valence-corrected chi connectivity index (χ3v) is 3.93. The van der Waals surface area contributed by atoms with Crippen LogP contribution in [0.25, 0.3) is 0 Å². The van der Waals surface area contributed by atoms with Gasteiger partial charge in [-0.3, -0.25) is 4.79 Å². The van der Waals surface area contributed by atoms with E-state index in [1.807, 2.05) is 0 Å². The van der Waals surface area contributed by atoms with E-state index in [0.29, 0.717) is 17.2 Å². The molecule has 110 valence electrons. The molecule has 1 aliphatic rings. The standard InChI is InChI=1S/C16H17FN2O2/c1-10-8-12(6-7-13(10)17)18-16(20)14-9-15(21-19-14)11-4-2-3-5-11/h6-9,11H,2-5H2,1H3,(H,18,20). The first-order valence-corrected chi connectivity index (χ1v) is 7.17. The highest BCUT2D eigenvalue weighted by Crippen LogP contribution is 2.34. The minimum Gasteiger partial charge on any atom is -0.360 e. The quantitative estimate of drug-likeness (QED) is 0.927. The predicted molar refractivity (Wildman–Crippen MR) is 76.8 cm³/mol. The van der Waals surface area contributed by atoms with E-state index in [9.17, 15) is 9.18 Å². The Balaban J connectivity index is 1.71. The van der Waals surface area contributed by atoms with Crippen LogP contribution in [-0.4, -0.2) is 11.1 Å². The van der Waals surface area contributed by atoms with Crippen LogP contribution in [0.5, 0.6) is 0 Å². The zero-order chi connectivity index (χ0) is 14.8. The average molecular weight is 288 g/mol. The predicted octanol–water partition coefficient (Wildman–Crippen LogP) is 4.03. The summed E-state index contributed by atoms with van der Waals surface area (Å²) in [6.45, 7) is 1.65. The minimum absolute atomic E-state index is 0.263. The van der Waals surface area contributed by atoms with Crippen molar-refractivity contribution in [2.24, 2.45) is 0 Å². The molecule has 0 spiro atoms. The first-order valence-electron chi connectivity index (χ1n) is 7.17. The molecule has 0 unspecified atom stereocenters. The first kappa shape index (κ1) is 13.8. The summed E-state index contributed by atoms with van der Waals surface area (Å²) in [5.74, 6) is 0.534. The third kappa shape index (κ3) is 2.96. The Hall–Kier alpha value is -2.17. The highest BCUT2D eigenvalue weighted by molar-refractivity contribution is 6.02. The number of aromatic nitrogens is 1. The zero-order valence-electron chi connectivity index (χ0n) is 11.9. The number of halogens is 1. The van der Waals surface area contributed by atoms with Crippen LogP contribution < -0.4 is 5.32 Å². The molecule has 0 bridgehead atoms. The smallest absolute Gasteiger partial charge is 0.277 e. The maximum absolute atomic E-state index is 13.2. The van der Waals surface area contributed by atoms with Crippen molar-refractivity contribution in [3.63, 3.8) is 0 Å². The number of hydrogen-bond acceptors (Lipinski definition) is 3. The summed E-state index contributed by atoms with van der Waals surface area (Å²) in [6.07, 6.45) is 4.57. The van der Waals surface area contributed by atoms with E-state index in [0.717, 1.165) is 18.6 Å². The minimum atomic E-state index is -0.339. The van der Waals surface area contributed by atoms with Crippen LogP contribution >= 0.6 is 0 Å². The zero-order valence-corrected chi connectivity index (χ0v) is 11.9. The molecule has 1 aromatic heterocycles. The number of carbonyl (C=O) groups is 1. The number of rotatable bonds is 3. The highest BCUT2D eigenvalue weighted by atomic mass is 19.1. The summed E-state index contributed by atoms with van der Waals surface area (Å²) in [5.41, 5.74) is 1.29. The van der Waals surface area contributed by atoms with Crippen LogP contribution in [0.15, 0.2) is 28.8 Å². The molecule has 0 atom stereocenters. The van der Waals surface area contributed by atoms with E-state index in [1.165, 1.54) is 25.0 Å². The number of nitrogens with one attached hydrogen (secondary N) is 1. The van der Waals surface area contributed by atoms with Crippen molar-refractivity contribution in [2.45, 2.75) is 38.5 Å². The van der Waals surface area contributed by atoms with E-state index >= 15 is 0 Å². The lowest BCUT2D eigenvalue weighted by molar-refractivity contribution is 0.101. The van der Waals surface area contributed by atoms with Crippen molar-refractivity contribution in [2.75, 3.05) is 5.32 Å². The lowest BCUT2D eigenvalue weighted by Crippen LogP contribution is -2.12. The van der Waals surface area contributed by atoms with Gasteiger partial charge in [0.2, 0.25) is 0 Å². The van der Waals surface area contributed by atoms with Gasteiger partial charge in [0.05, 0.1) is 0 Å². The largest absolute Gasteiger partial charge is 0.360 e. The average Bonchev–Trinajstić information content (AvgIpc) is 3.12. The molecule has 1 amide bonds. The molecule has 1 aliphatic carbocycles. The van der Waals surface area contributed by atoms with Crippen molar-refractivity contribution in [3.8, 4) is 0 Å². The van der Waals surface area contributed by atoms with Gasteiger partial charge >= 0.3 is 0 Å². The Kier molecular flexibility index (Phi) is 3.73. The second-order valence-electron chi connectivity index (χ2n) is 5.51. The molecule has 0 aliphatic heterocycles. The van der Waals surface area contributed by atoms with Crippen molar-refractivity contribution in [3.05, 3.63) is 47.1 Å². The lowest BCUT2D eigenvalue weighted by atomic mass is 10.1. The Bertz CT molecular complexity index is 660. The van der Waals surface area contributed by atoms with E-state index in [4.69, 9.17) is 4.52 Å². The Morgan fingerprint density at radius 2 is 2.10 bits per heavy atom. The highest BCUT2D eigenvalue weighted by Gasteiger charge is 2.23. The van der Waals surface area contributed by atoms with E-state index < -0.39 is 0 Å². The maximum Gasteiger partial charge on any atom is 0.277 e. The topological polar surface area (TPSA) is 55.1 Å². The molecule has 21 heavy (non-hydrogen) atoms. The van der Waals surface area contributed by atoms with Crippen LogP contribution in [0.3, 0.4) is 0 Å². The van der Waals surface area contributed by atoms with Crippen LogP contribution in [0, 0.1) is 12.7 Å². The maximum atomic E-state index is 13.2. The molecular weight excluding hydrogens is 271 g/mol. The van der Waals surface area contributed by atoms with Crippen molar-refractivity contribution < 1.29 is 13.7 Å². The molecule has 2 aromatic rings. The van der Waals surface area contributed by atoms with Crippen molar-refractivity contribution >= 4 is 11.6 Å². The van der Waals surface area contributed by atoms with Gasteiger partial charge in [0.1, 0.15) is 11.6 Å². The summed E-state index contributed by atoms with van der Waals surface area (Å²) in [4.78, 5) is 12.1. The van der Waals surface area contributed by atoms with Crippen molar-refractivity contribution in [1.29, 1.82) is 0 Å². The van der Waals surface area contributed by atoms with Crippen LogP contribution in [0.1, 0.15) is 53.4 Å². The monoisotopic (exact) mass is 288 g/mol. The number of hydrogen-bond donors (Lipinski definition) is 1. The summed E-state index contributed by atoms with van der Waals surface area (Å²) in [7, 11) is 0.